The number of carbonyl (C=O) groups excluding carboxylic acids is 2. The summed E-state index contributed by atoms with van der Waals surface area (Å²) in [5, 5.41) is 0. The number of rotatable bonds is 0. The zero-order valence-electron chi connectivity index (χ0n) is 7.20. The van der Waals surface area contributed by atoms with Crippen molar-refractivity contribution in [1.29, 1.82) is 0 Å². The van der Waals surface area contributed by atoms with Crippen molar-refractivity contribution in [3.63, 3.8) is 0 Å². The lowest BCUT2D eigenvalue weighted by atomic mass is 9.55. The van der Waals surface area contributed by atoms with Crippen molar-refractivity contribution in [2.45, 2.75) is 23.2 Å². The molecule has 4 saturated carbocycles. The molecule has 4 bridgehead atoms. The van der Waals surface area contributed by atoms with E-state index in [4.69, 9.17) is 0 Å². The Morgan fingerprint density at radius 3 is 1.85 bits per heavy atom. The van der Waals surface area contributed by atoms with Crippen LogP contribution >= 0.6 is 22.6 Å². The second-order valence-electron chi connectivity index (χ2n) is 4.56. The molecule has 0 N–H and O–H groups in total. The molecule has 0 heterocycles. The van der Waals surface area contributed by atoms with Gasteiger partial charge < -0.3 is 0 Å². The zero-order chi connectivity index (χ0) is 9.16. The van der Waals surface area contributed by atoms with E-state index in [1.165, 1.54) is 0 Å². The number of ketones is 2. The first-order chi connectivity index (χ1) is 6.18. The average Bonchev–Trinajstić information content (AvgIpc) is 2.10. The molecule has 4 fully saturated rings. The minimum atomic E-state index is 0.223. The van der Waals surface area contributed by atoms with Crippen molar-refractivity contribution in [3.8, 4) is 0 Å². The molecule has 2 nitrogen and oxygen atoms in total. The molecule has 4 aliphatic rings. The van der Waals surface area contributed by atoms with Gasteiger partial charge in [-0.3, -0.25) is 9.59 Å². The van der Waals surface area contributed by atoms with Crippen LogP contribution in [-0.4, -0.2) is 15.5 Å². The average molecular weight is 290 g/mol. The van der Waals surface area contributed by atoms with Crippen LogP contribution < -0.4 is 0 Å². The van der Waals surface area contributed by atoms with E-state index < -0.39 is 0 Å². The maximum Gasteiger partial charge on any atom is 0.140 e. The Kier molecular flexibility index (Phi) is 1.65. The molecule has 0 aromatic rings. The van der Waals surface area contributed by atoms with Crippen LogP contribution in [0.3, 0.4) is 0 Å². The normalized spacial score (nSPS) is 53.2. The van der Waals surface area contributed by atoms with E-state index >= 15 is 0 Å². The molecule has 0 aliphatic heterocycles. The van der Waals surface area contributed by atoms with Crippen LogP contribution in [0.25, 0.3) is 0 Å². The maximum absolute atomic E-state index is 11.8. The number of hydrogen-bond acceptors (Lipinski definition) is 2. The van der Waals surface area contributed by atoms with E-state index in [1.807, 2.05) is 0 Å². The second kappa shape index (κ2) is 2.55. The molecular weight excluding hydrogens is 279 g/mol. The quantitative estimate of drug-likeness (QED) is 0.501. The molecule has 13 heavy (non-hydrogen) atoms. The molecule has 3 heteroatoms. The Balaban J connectivity index is 2.04. The Bertz CT molecular complexity index is 271. The number of Topliss-reactive ketones (excluding diaryl/α,β-unsaturated/α-hetero) is 2. The van der Waals surface area contributed by atoms with Gasteiger partial charge in [0.05, 0.1) is 0 Å². The first kappa shape index (κ1) is 8.38. The molecule has 0 amide bonds. The van der Waals surface area contributed by atoms with E-state index in [2.05, 4.69) is 22.6 Å². The van der Waals surface area contributed by atoms with E-state index in [9.17, 15) is 9.59 Å². The van der Waals surface area contributed by atoms with Gasteiger partial charge in [-0.2, -0.15) is 0 Å². The van der Waals surface area contributed by atoms with Gasteiger partial charge in [0, 0.05) is 27.6 Å². The third kappa shape index (κ3) is 0.941. The highest BCUT2D eigenvalue weighted by Crippen LogP contribution is 2.52. The molecule has 70 valence electrons. The Labute approximate surface area is 90.6 Å². The number of hydrogen-bond donors (Lipinski definition) is 0. The Hall–Kier alpha value is 0.0700. The van der Waals surface area contributed by atoms with Crippen molar-refractivity contribution in [3.05, 3.63) is 0 Å². The summed E-state index contributed by atoms with van der Waals surface area (Å²) in [5.74, 6) is 1.86. The lowest BCUT2D eigenvalue weighted by Crippen LogP contribution is -2.56. The predicted octanol–water partition coefficient (Wildman–Crippen LogP) is 1.60. The number of halogens is 1. The molecule has 4 aliphatic carbocycles. The van der Waals surface area contributed by atoms with Crippen molar-refractivity contribution < 1.29 is 9.59 Å². The van der Waals surface area contributed by atoms with Crippen LogP contribution in [0.1, 0.15) is 19.3 Å². The molecular formula is C10H11IO2. The topological polar surface area (TPSA) is 34.1 Å². The summed E-state index contributed by atoms with van der Waals surface area (Å²) in [6.45, 7) is 0. The number of carbonyl (C=O) groups is 2. The van der Waals surface area contributed by atoms with Gasteiger partial charge in [0.2, 0.25) is 0 Å². The Morgan fingerprint density at radius 1 is 0.923 bits per heavy atom. The SMILES string of the molecule is O=C1C2CC3C(=O)[C@H](C2)CC1C3I. The summed E-state index contributed by atoms with van der Waals surface area (Å²) in [7, 11) is 0. The first-order valence-corrected chi connectivity index (χ1v) is 6.14. The standard InChI is InChI=1S/C10H11IO2/c11-8-6-2-4-1-5(10(6)13)3-7(8)9(4)12/h4-8H,1-3H2/t4-,5?,6?,7?,8?/m1/s1. The van der Waals surface area contributed by atoms with Crippen LogP contribution in [0.5, 0.6) is 0 Å². The van der Waals surface area contributed by atoms with E-state index in [0.717, 1.165) is 19.3 Å². The fraction of sp³-hybridized carbons (Fsp3) is 0.800. The zero-order valence-corrected chi connectivity index (χ0v) is 9.36. The summed E-state index contributed by atoms with van der Waals surface area (Å²) < 4.78 is 0.311. The highest BCUT2D eigenvalue weighted by Gasteiger charge is 2.56. The van der Waals surface area contributed by atoms with E-state index in [1.54, 1.807) is 0 Å². The Morgan fingerprint density at radius 2 is 1.38 bits per heavy atom. The summed E-state index contributed by atoms with van der Waals surface area (Å²) in [4.78, 5) is 23.5. The minimum Gasteiger partial charge on any atom is -0.299 e. The summed E-state index contributed by atoms with van der Waals surface area (Å²) in [6, 6.07) is 0. The van der Waals surface area contributed by atoms with Gasteiger partial charge in [-0.1, -0.05) is 22.6 Å². The molecule has 5 atom stereocenters. The van der Waals surface area contributed by atoms with Gasteiger partial charge in [0.15, 0.2) is 0 Å². The van der Waals surface area contributed by atoms with Crippen molar-refractivity contribution in [2.75, 3.05) is 0 Å². The van der Waals surface area contributed by atoms with Crippen molar-refractivity contribution in [1.82, 2.24) is 0 Å². The molecule has 4 unspecified atom stereocenters. The summed E-state index contributed by atoms with van der Waals surface area (Å²) >= 11 is 2.32. The van der Waals surface area contributed by atoms with Gasteiger partial charge in [-0.25, -0.2) is 0 Å². The highest BCUT2D eigenvalue weighted by molar-refractivity contribution is 14.1. The van der Waals surface area contributed by atoms with Gasteiger partial charge in [0.25, 0.3) is 0 Å². The lowest BCUT2D eigenvalue weighted by Gasteiger charge is -2.50. The molecule has 4 rings (SSSR count). The maximum atomic E-state index is 11.8. The first-order valence-electron chi connectivity index (χ1n) is 4.90. The van der Waals surface area contributed by atoms with E-state index in [-0.39, 0.29) is 23.7 Å². The minimum absolute atomic E-state index is 0.223. The highest BCUT2D eigenvalue weighted by atomic mass is 127. The fourth-order valence-electron chi connectivity index (χ4n) is 3.31. The third-order valence-electron chi connectivity index (χ3n) is 3.95. The smallest absolute Gasteiger partial charge is 0.140 e. The van der Waals surface area contributed by atoms with E-state index in [0.29, 0.717) is 15.5 Å². The molecule has 0 aromatic carbocycles. The van der Waals surface area contributed by atoms with Crippen LogP contribution in [0, 0.1) is 23.7 Å². The monoisotopic (exact) mass is 290 g/mol. The lowest BCUT2D eigenvalue weighted by molar-refractivity contribution is -0.149. The predicted molar refractivity (Wildman–Crippen MR) is 55.6 cm³/mol. The molecule has 0 saturated heterocycles. The summed E-state index contributed by atoms with van der Waals surface area (Å²) in [6.07, 6.45) is 2.59. The van der Waals surface area contributed by atoms with Gasteiger partial charge >= 0.3 is 0 Å². The van der Waals surface area contributed by atoms with Crippen molar-refractivity contribution in [2.24, 2.45) is 23.7 Å². The largest absolute Gasteiger partial charge is 0.299 e. The molecule has 0 radical (unpaired) electrons. The van der Waals surface area contributed by atoms with Crippen molar-refractivity contribution >= 4 is 34.2 Å². The fourth-order valence-corrected chi connectivity index (χ4v) is 4.60. The summed E-state index contributed by atoms with van der Waals surface area (Å²) in [5.41, 5.74) is 0. The van der Waals surface area contributed by atoms with Crippen LogP contribution in [0.15, 0.2) is 0 Å². The third-order valence-corrected chi connectivity index (χ3v) is 5.69. The van der Waals surface area contributed by atoms with Gasteiger partial charge in [-0.05, 0) is 19.3 Å². The van der Waals surface area contributed by atoms with Gasteiger partial charge in [-0.15, -0.1) is 0 Å². The van der Waals surface area contributed by atoms with Crippen LogP contribution in [-0.2, 0) is 9.59 Å². The van der Waals surface area contributed by atoms with Crippen LogP contribution in [0.2, 0.25) is 0 Å². The molecule has 0 spiro atoms. The second-order valence-corrected chi connectivity index (χ2v) is 6.00. The number of alkyl halides is 1. The molecule has 0 aromatic heterocycles. The van der Waals surface area contributed by atoms with Gasteiger partial charge in [0.1, 0.15) is 11.6 Å². The van der Waals surface area contributed by atoms with Crippen LogP contribution in [0.4, 0.5) is 0 Å².